The third kappa shape index (κ3) is 8.80. The quantitative estimate of drug-likeness (QED) is 0.148. The normalized spacial score (nSPS) is 12.4. The van der Waals surface area contributed by atoms with Crippen molar-refractivity contribution >= 4 is 49.9 Å². The average Bonchev–Trinajstić information content (AvgIpc) is 3.46. The second kappa shape index (κ2) is 14.5. The maximum Gasteiger partial charge on any atom is 0.324 e. The minimum atomic E-state index is -3.71. The lowest BCUT2D eigenvalue weighted by Gasteiger charge is -2.20. The molecule has 0 spiro atoms. The highest BCUT2D eigenvalue weighted by Crippen LogP contribution is 2.34. The molecule has 0 bridgehead atoms. The Labute approximate surface area is 285 Å². The summed E-state index contributed by atoms with van der Waals surface area (Å²) in [6.45, 7) is 8.03. The van der Waals surface area contributed by atoms with Gasteiger partial charge in [-0.1, -0.05) is 62.7 Å². The summed E-state index contributed by atoms with van der Waals surface area (Å²) >= 11 is 0. The van der Waals surface area contributed by atoms with Crippen LogP contribution in [0.4, 0.5) is 22.1 Å². The van der Waals surface area contributed by atoms with Gasteiger partial charge < -0.3 is 20.1 Å². The van der Waals surface area contributed by atoms with E-state index in [4.69, 9.17) is 14.6 Å². The van der Waals surface area contributed by atoms with E-state index in [2.05, 4.69) is 41.7 Å². The molecule has 5 aromatic rings. The Morgan fingerprint density at radius 1 is 0.918 bits per heavy atom. The van der Waals surface area contributed by atoms with Gasteiger partial charge >= 0.3 is 6.03 Å². The van der Waals surface area contributed by atoms with Crippen molar-refractivity contribution in [1.29, 1.82) is 0 Å². The lowest BCUT2D eigenvalue weighted by atomic mass is 9.92. The Morgan fingerprint density at radius 2 is 1.63 bits per heavy atom. The molecule has 3 aromatic carbocycles. The zero-order chi connectivity index (χ0) is 35.3. The highest BCUT2D eigenvalue weighted by molar-refractivity contribution is 7.91. The summed E-state index contributed by atoms with van der Waals surface area (Å²) in [4.78, 5) is 29.5. The summed E-state index contributed by atoms with van der Waals surface area (Å²) < 4.78 is 38.6. The van der Waals surface area contributed by atoms with Crippen molar-refractivity contribution in [2.75, 3.05) is 35.9 Å². The molecule has 1 unspecified atom stereocenters. The van der Waals surface area contributed by atoms with Gasteiger partial charge in [0.05, 0.1) is 17.1 Å². The number of carbonyl (C=O) groups is 2. The van der Waals surface area contributed by atoms with Crippen molar-refractivity contribution in [3.8, 4) is 11.4 Å². The summed E-state index contributed by atoms with van der Waals surface area (Å²) in [6.07, 6.45) is 2.58. The van der Waals surface area contributed by atoms with Gasteiger partial charge in [-0.3, -0.25) is 10.1 Å². The van der Waals surface area contributed by atoms with Crippen molar-refractivity contribution in [1.82, 2.24) is 14.8 Å². The van der Waals surface area contributed by atoms with Gasteiger partial charge in [0.2, 0.25) is 5.44 Å². The van der Waals surface area contributed by atoms with Crippen molar-refractivity contribution in [2.24, 2.45) is 0 Å². The Hall–Kier alpha value is -5.27. The molecule has 0 aliphatic rings. The van der Waals surface area contributed by atoms with Crippen LogP contribution in [-0.4, -0.2) is 60.5 Å². The second-order valence-electron chi connectivity index (χ2n) is 12.8. The van der Waals surface area contributed by atoms with Gasteiger partial charge in [-0.2, -0.15) is 5.10 Å². The fourth-order valence-corrected chi connectivity index (χ4v) is 5.84. The predicted molar refractivity (Wildman–Crippen MR) is 191 cm³/mol. The van der Waals surface area contributed by atoms with Gasteiger partial charge in [0, 0.05) is 48.2 Å². The van der Waals surface area contributed by atoms with Gasteiger partial charge in [-0.25, -0.2) is 22.9 Å². The van der Waals surface area contributed by atoms with E-state index >= 15 is 0 Å². The highest BCUT2D eigenvalue weighted by Gasteiger charge is 2.26. The summed E-state index contributed by atoms with van der Waals surface area (Å²) in [7, 11) is -2.31. The molecule has 3 N–H and O–H groups in total. The lowest BCUT2D eigenvalue weighted by Crippen LogP contribution is -2.29. The van der Waals surface area contributed by atoms with E-state index in [0.717, 1.165) is 23.2 Å². The first kappa shape index (κ1) is 35.0. The van der Waals surface area contributed by atoms with Crippen LogP contribution in [0.15, 0.2) is 85.1 Å². The minimum absolute atomic E-state index is 0.00352. The van der Waals surface area contributed by atoms with Crippen LogP contribution in [0.1, 0.15) is 37.6 Å². The summed E-state index contributed by atoms with van der Waals surface area (Å²) in [6, 6.07) is 23.0. The molecule has 0 aliphatic heterocycles. The molecule has 49 heavy (non-hydrogen) atoms. The Morgan fingerprint density at radius 3 is 2.31 bits per heavy atom. The fraction of sp³-hybridized carbons (Fsp3) is 0.278. The summed E-state index contributed by atoms with van der Waals surface area (Å²) in [5, 5.41) is 14.5. The number of amides is 3. The van der Waals surface area contributed by atoms with E-state index in [-0.39, 0.29) is 30.2 Å². The molecule has 5 rings (SSSR count). The minimum Gasteiger partial charge on any atom is -0.474 e. The number of fused-ring (bicyclic) bond motifs is 1. The number of aryl methyl sites for hydroxylation is 1. The first-order chi connectivity index (χ1) is 23.2. The van der Waals surface area contributed by atoms with Crippen molar-refractivity contribution in [3.63, 3.8) is 0 Å². The molecular weight excluding hydrogens is 644 g/mol. The van der Waals surface area contributed by atoms with Crippen LogP contribution in [0.25, 0.3) is 16.5 Å². The van der Waals surface area contributed by atoms with E-state index in [1.807, 2.05) is 49.4 Å². The van der Waals surface area contributed by atoms with Crippen LogP contribution >= 0.6 is 0 Å². The van der Waals surface area contributed by atoms with E-state index in [1.165, 1.54) is 13.3 Å². The molecule has 0 aliphatic carbocycles. The first-order valence-electron chi connectivity index (χ1n) is 15.6. The zero-order valence-corrected chi connectivity index (χ0v) is 29.1. The van der Waals surface area contributed by atoms with Crippen LogP contribution in [-0.2, 0) is 31.2 Å². The fourth-order valence-electron chi connectivity index (χ4n) is 5.07. The maximum atomic E-state index is 13.4. The van der Waals surface area contributed by atoms with Gasteiger partial charge in [-0.05, 0) is 48.9 Å². The lowest BCUT2D eigenvalue weighted by molar-refractivity contribution is -0.119. The molecule has 0 radical (unpaired) electrons. The van der Waals surface area contributed by atoms with Crippen LogP contribution in [0.3, 0.4) is 0 Å². The number of benzene rings is 3. The Balaban J connectivity index is 1.39. The molecule has 0 saturated carbocycles. The van der Waals surface area contributed by atoms with E-state index in [0.29, 0.717) is 33.6 Å². The standard InChI is InChI=1S/C36H40N6O6S/c1-23-11-13-25(14-12-23)42-32(21-30(41-42)36(2,3)4)40-35(44)38-28-15-16-29(27-10-8-7-9-26(27)28)48-34(49(6,45)46)20-24-17-18-37-31(19-24)39-33(43)22-47-5/h7-19,21,34H,20,22H2,1-6H3,(H,37,39,43)(H2,38,40,44). The molecule has 256 valence electrons. The number of carbonyl (C=O) groups excluding carboxylic acids is 2. The topological polar surface area (TPSA) is 154 Å². The van der Waals surface area contributed by atoms with E-state index in [9.17, 15) is 18.0 Å². The van der Waals surface area contributed by atoms with E-state index < -0.39 is 21.3 Å². The van der Waals surface area contributed by atoms with E-state index in [1.54, 1.807) is 41.1 Å². The number of ether oxygens (including phenoxy) is 2. The van der Waals surface area contributed by atoms with Crippen LogP contribution in [0, 0.1) is 6.92 Å². The Bertz CT molecular complexity index is 2090. The summed E-state index contributed by atoms with van der Waals surface area (Å²) in [5.41, 5.74) is 2.32. The van der Waals surface area contributed by atoms with Crippen molar-refractivity contribution in [3.05, 3.63) is 102 Å². The average molecular weight is 685 g/mol. The number of aromatic nitrogens is 3. The predicted octanol–water partition coefficient (Wildman–Crippen LogP) is 6.25. The molecule has 0 saturated heterocycles. The largest absolute Gasteiger partial charge is 0.474 e. The number of nitrogens with zero attached hydrogens (tertiary/aromatic N) is 3. The molecule has 1 atom stereocenters. The molecule has 13 heteroatoms. The third-order valence-electron chi connectivity index (χ3n) is 7.64. The SMILES string of the molecule is COCC(=O)Nc1cc(CC(Oc2ccc(NC(=O)Nc3cc(C(C)(C)C)nn3-c3ccc(C)cc3)c3ccccc23)S(C)(=O)=O)ccn1. The maximum absolute atomic E-state index is 13.4. The molecule has 2 aromatic heterocycles. The number of rotatable bonds is 11. The van der Waals surface area contributed by atoms with Gasteiger partial charge in [0.1, 0.15) is 24.0 Å². The smallest absolute Gasteiger partial charge is 0.324 e. The molecule has 0 fully saturated rings. The number of urea groups is 1. The third-order valence-corrected chi connectivity index (χ3v) is 8.85. The van der Waals surface area contributed by atoms with Crippen LogP contribution < -0.4 is 20.7 Å². The highest BCUT2D eigenvalue weighted by atomic mass is 32.2. The molecular formula is C36H40N6O6S. The number of hydrogen-bond donors (Lipinski definition) is 3. The number of sulfone groups is 1. The molecule has 2 heterocycles. The Kier molecular flexibility index (Phi) is 10.3. The van der Waals surface area contributed by atoms with Crippen molar-refractivity contribution in [2.45, 2.75) is 45.0 Å². The monoisotopic (exact) mass is 684 g/mol. The van der Waals surface area contributed by atoms with Gasteiger partial charge in [-0.15, -0.1) is 0 Å². The number of nitrogens with one attached hydrogen (secondary N) is 3. The molecule has 3 amide bonds. The van der Waals surface area contributed by atoms with Gasteiger partial charge in [0.25, 0.3) is 5.91 Å². The number of pyridine rings is 1. The number of hydrogen-bond acceptors (Lipinski definition) is 8. The zero-order valence-electron chi connectivity index (χ0n) is 28.3. The van der Waals surface area contributed by atoms with Crippen LogP contribution in [0.5, 0.6) is 5.75 Å². The van der Waals surface area contributed by atoms with Crippen LogP contribution in [0.2, 0.25) is 0 Å². The number of methoxy groups -OCH3 is 1. The summed E-state index contributed by atoms with van der Waals surface area (Å²) in [5.74, 6) is 0.710. The second-order valence-corrected chi connectivity index (χ2v) is 14.9. The number of anilines is 3. The molecule has 12 nitrogen and oxygen atoms in total. The van der Waals surface area contributed by atoms with Gasteiger partial charge in [0.15, 0.2) is 9.84 Å². The first-order valence-corrected chi connectivity index (χ1v) is 17.5. The van der Waals surface area contributed by atoms with Crippen molar-refractivity contribution < 1.29 is 27.5 Å².